The van der Waals surface area contributed by atoms with Gasteiger partial charge in [0, 0.05) is 12.1 Å². The molecule has 20 heavy (non-hydrogen) atoms. The number of rotatable bonds is 4. The monoisotopic (exact) mass is 277 g/mol. The molecule has 3 aliphatic rings. The normalized spacial score (nSPS) is 42.9. The molecule has 1 N–H and O–H groups in total. The minimum Gasteiger partial charge on any atom is -0.311 e. The lowest BCUT2D eigenvalue weighted by atomic mass is 9.73. The molecule has 0 aromatic rings. The topological polar surface area (TPSA) is 12.0 Å². The van der Waals surface area contributed by atoms with Gasteiger partial charge in [0.15, 0.2) is 0 Å². The molecular formula is C19H35N. The Bertz CT molecular complexity index is 307. The van der Waals surface area contributed by atoms with E-state index >= 15 is 0 Å². The maximum atomic E-state index is 4.13. The van der Waals surface area contributed by atoms with Gasteiger partial charge in [0.1, 0.15) is 0 Å². The van der Waals surface area contributed by atoms with Crippen molar-refractivity contribution in [2.45, 2.75) is 90.6 Å². The lowest BCUT2D eigenvalue weighted by molar-refractivity contribution is 0.140. The van der Waals surface area contributed by atoms with Crippen LogP contribution in [0.25, 0.3) is 0 Å². The van der Waals surface area contributed by atoms with Gasteiger partial charge in [-0.2, -0.15) is 0 Å². The van der Waals surface area contributed by atoms with Crippen molar-refractivity contribution in [3.63, 3.8) is 0 Å². The molecule has 0 heterocycles. The first kappa shape index (κ1) is 14.9. The van der Waals surface area contributed by atoms with Crippen molar-refractivity contribution in [1.29, 1.82) is 0 Å². The zero-order valence-electron chi connectivity index (χ0n) is 13.9. The summed E-state index contributed by atoms with van der Waals surface area (Å²) in [6.45, 7) is 7.32. The second-order valence-corrected chi connectivity index (χ2v) is 8.56. The van der Waals surface area contributed by atoms with Crippen LogP contribution in [0.15, 0.2) is 0 Å². The molecule has 3 rings (SSSR count). The average Bonchev–Trinajstić information content (AvgIpc) is 3.23. The molecule has 116 valence electrons. The van der Waals surface area contributed by atoms with E-state index in [4.69, 9.17) is 0 Å². The Morgan fingerprint density at radius 1 is 0.850 bits per heavy atom. The van der Waals surface area contributed by atoms with Crippen LogP contribution in [-0.2, 0) is 0 Å². The Balaban J connectivity index is 1.56. The smallest absolute Gasteiger partial charge is 0.0103 e. The summed E-state index contributed by atoms with van der Waals surface area (Å²) in [4.78, 5) is 0. The molecule has 1 nitrogen and oxygen atoms in total. The highest BCUT2D eigenvalue weighted by molar-refractivity contribution is 4.92. The number of hydrogen-bond acceptors (Lipinski definition) is 1. The van der Waals surface area contributed by atoms with E-state index in [-0.39, 0.29) is 0 Å². The van der Waals surface area contributed by atoms with Gasteiger partial charge in [-0.1, -0.05) is 40.0 Å². The van der Waals surface area contributed by atoms with Gasteiger partial charge < -0.3 is 5.32 Å². The molecule has 0 saturated heterocycles. The minimum atomic E-state index is 0.807. The molecule has 1 heteroatoms. The summed E-state index contributed by atoms with van der Waals surface area (Å²) in [5.74, 6) is 4.89. The van der Waals surface area contributed by atoms with Crippen LogP contribution in [-0.4, -0.2) is 12.1 Å². The molecule has 0 aromatic carbocycles. The third-order valence-corrected chi connectivity index (χ3v) is 6.48. The Morgan fingerprint density at radius 2 is 1.65 bits per heavy atom. The molecule has 5 atom stereocenters. The first-order chi connectivity index (χ1) is 9.63. The lowest BCUT2D eigenvalue weighted by Crippen LogP contribution is -2.48. The Morgan fingerprint density at radius 3 is 2.35 bits per heavy atom. The van der Waals surface area contributed by atoms with Crippen molar-refractivity contribution in [1.82, 2.24) is 5.32 Å². The third kappa shape index (κ3) is 3.59. The predicted octanol–water partition coefficient (Wildman–Crippen LogP) is 5.01. The second kappa shape index (κ2) is 6.38. The van der Waals surface area contributed by atoms with Gasteiger partial charge >= 0.3 is 0 Å². The van der Waals surface area contributed by atoms with Crippen LogP contribution >= 0.6 is 0 Å². The van der Waals surface area contributed by atoms with Crippen molar-refractivity contribution in [2.24, 2.45) is 29.6 Å². The van der Waals surface area contributed by atoms with E-state index in [1.54, 1.807) is 0 Å². The third-order valence-electron chi connectivity index (χ3n) is 6.48. The first-order valence-corrected chi connectivity index (χ1v) is 9.39. The predicted molar refractivity (Wildman–Crippen MR) is 86.7 cm³/mol. The molecule has 0 aromatic heterocycles. The van der Waals surface area contributed by atoms with Gasteiger partial charge in [0.05, 0.1) is 0 Å². The molecule has 0 radical (unpaired) electrons. The summed E-state index contributed by atoms with van der Waals surface area (Å²) in [7, 11) is 0. The zero-order chi connectivity index (χ0) is 14.1. The fourth-order valence-electron chi connectivity index (χ4n) is 5.07. The summed E-state index contributed by atoms with van der Waals surface area (Å²) >= 11 is 0. The molecular weight excluding hydrogens is 242 g/mol. The van der Waals surface area contributed by atoms with Crippen molar-refractivity contribution < 1.29 is 0 Å². The minimum absolute atomic E-state index is 0.807. The molecule has 3 fully saturated rings. The van der Waals surface area contributed by atoms with E-state index in [1.807, 2.05) is 0 Å². The van der Waals surface area contributed by atoms with Crippen LogP contribution < -0.4 is 5.32 Å². The van der Waals surface area contributed by atoms with Crippen molar-refractivity contribution >= 4 is 0 Å². The van der Waals surface area contributed by atoms with Crippen molar-refractivity contribution in [2.75, 3.05) is 0 Å². The summed E-state index contributed by atoms with van der Waals surface area (Å²) in [6, 6.07) is 1.65. The highest BCUT2D eigenvalue weighted by Gasteiger charge is 2.37. The molecule has 5 unspecified atom stereocenters. The van der Waals surface area contributed by atoms with Crippen LogP contribution in [0.5, 0.6) is 0 Å². The first-order valence-electron chi connectivity index (χ1n) is 9.39. The van der Waals surface area contributed by atoms with Crippen LogP contribution in [0.3, 0.4) is 0 Å². The van der Waals surface area contributed by atoms with Crippen LogP contribution in [0, 0.1) is 29.6 Å². The van der Waals surface area contributed by atoms with Crippen molar-refractivity contribution in [3.05, 3.63) is 0 Å². The molecule has 3 aliphatic carbocycles. The standard InChI is InChI=1S/C19H35N/c1-13(2)18-10-7-14(3)11-19(18)20-17-6-4-5-16(12-17)15-8-9-15/h13-20H,4-12H2,1-3H3. The van der Waals surface area contributed by atoms with Crippen LogP contribution in [0.4, 0.5) is 0 Å². The Hall–Kier alpha value is -0.0400. The molecule has 0 aliphatic heterocycles. The molecule has 0 bridgehead atoms. The second-order valence-electron chi connectivity index (χ2n) is 8.56. The molecule has 0 amide bonds. The van der Waals surface area contributed by atoms with Gasteiger partial charge in [-0.05, 0) is 68.1 Å². The quantitative estimate of drug-likeness (QED) is 0.762. The van der Waals surface area contributed by atoms with E-state index in [2.05, 4.69) is 26.1 Å². The van der Waals surface area contributed by atoms with Gasteiger partial charge in [-0.3, -0.25) is 0 Å². The Labute approximate surface area is 126 Å². The van der Waals surface area contributed by atoms with E-state index in [1.165, 1.54) is 57.8 Å². The van der Waals surface area contributed by atoms with Crippen LogP contribution in [0.1, 0.15) is 78.6 Å². The summed E-state index contributed by atoms with van der Waals surface area (Å²) < 4.78 is 0. The van der Waals surface area contributed by atoms with Crippen LogP contribution in [0.2, 0.25) is 0 Å². The number of hydrogen-bond donors (Lipinski definition) is 1. The molecule has 0 spiro atoms. The fraction of sp³-hybridized carbons (Fsp3) is 1.00. The SMILES string of the molecule is CC1CCC(C(C)C)C(NC2CCCC(C3CC3)C2)C1. The lowest BCUT2D eigenvalue weighted by Gasteiger charge is -2.41. The van der Waals surface area contributed by atoms with Crippen molar-refractivity contribution in [3.8, 4) is 0 Å². The number of nitrogens with one attached hydrogen (secondary N) is 1. The zero-order valence-corrected chi connectivity index (χ0v) is 13.9. The molecule has 3 saturated carbocycles. The van der Waals surface area contributed by atoms with E-state index in [9.17, 15) is 0 Å². The highest BCUT2D eigenvalue weighted by atomic mass is 15.0. The fourth-order valence-corrected chi connectivity index (χ4v) is 5.07. The van der Waals surface area contributed by atoms with Gasteiger partial charge in [0.2, 0.25) is 0 Å². The highest BCUT2D eigenvalue weighted by Crippen LogP contribution is 2.44. The van der Waals surface area contributed by atoms with E-state index in [0.717, 1.165) is 41.7 Å². The van der Waals surface area contributed by atoms with Gasteiger partial charge in [-0.25, -0.2) is 0 Å². The van der Waals surface area contributed by atoms with Gasteiger partial charge in [-0.15, -0.1) is 0 Å². The maximum absolute atomic E-state index is 4.13. The largest absolute Gasteiger partial charge is 0.311 e. The van der Waals surface area contributed by atoms with E-state index in [0.29, 0.717) is 0 Å². The summed E-state index contributed by atoms with van der Waals surface area (Å²) in [5, 5.41) is 4.13. The average molecular weight is 277 g/mol. The van der Waals surface area contributed by atoms with E-state index < -0.39 is 0 Å². The maximum Gasteiger partial charge on any atom is 0.0103 e. The summed E-state index contributed by atoms with van der Waals surface area (Å²) in [6.07, 6.45) is 13.3. The summed E-state index contributed by atoms with van der Waals surface area (Å²) in [5.41, 5.74) is 0. The van der Waals surface area contributed by atoms with Gasteiger partial charge in [0.25, 0.3) is 0 Å². The Kier molecular flexibility index (Phi) is 4.75.